The third kappa shape index (κ3) is 3.84. The van der Waals surface area contributed by atoms with Gasteiger partial charge in [-0.1, -0.05) is 31.5 Å². The summed E-state index contributed by atoms with van der Waals surface area (Å²) in [6.07, 6.45) is 1.10. The van der Waals surface area contributed by atoms with Crippen molar-refractivity contribution in [3.8, 4) is 0 Å². The topological polar surface area (TPSA) is 110 Å². The molecule has 1 aromatic heterocycles. The molecule has 0 radical (unpaired) electrons. The predicted molar refractivity (Wildman–Crippen MR) is 103 cm³/mol. The van der Waals surface area contributed by atoms with Gasteiger partial charge in [-0.3, -0.25) is 10.1 Å². The normalized spacial score (nSPS) is 20.0. The van der Waals surface area contributed by atoms with E-state index in [9.17, 15) is 10.1 Å². The number of nitrogens with two attached hydrogens (primary N) is 1. The molecule has 0 spiro atoms. The molecule has 0 saturated carbocycles. The fraction of sp³-hybridized carbons (Fsp3) is 0.444. The fourth-order valence-corrected chi connectivity index (χ4v) is 3.51. The molecule has 0 amide bonds. The molecule has 0 aliphatic carbocycles. The molecule has 1 aromatic carbocycles. The maximum absolute atomic E-state index is 11.6. The third-order valence-corrected chi connectivity index (χ3v) is 4.55. The van der Waals surface area contributed by atoms with Gasteiger partial charge in [0.05, 0.1) is 4.92 Å². The minimum atomic E-state index is -0.496. The van der Waals surface area contributed by atoms with E-state index in [1.807, 2.05) is 36.1 Å². The Morgan fingerprint density at radius 3 is 2.38 bits per heavy atom. The Hall–Kier alpha value is -2.90. The molecule has 1 aliphatic heterocycles. The van der Waals surface area contributed by atoms with Crippen molar-refractivity contribution >= 4 is 29.0 Å². The molecule has 3 N–H and O–H groups in total. The van der Waals surface area contributed by atoms with Gasteiger partial charge in [-0.15, -0.1) is 0 Å². The van der Waals surface area contributed by atoms with Crippen LogP contribution in [0.4, 0.5) is 29.0 Å². The molecule has 3 rings (SSSR count). The van der Waals surface area contributed by atoms with E-state index in [0.29, 0.717) is 24.9 Å². The first-order valence-corrected chi connectivity index (χ1v) is 8.74. The van der Waals surface area contributed by atoms with Gasteiger partial charge in [-0.2, -0.15) is 9.97 Å². The summed E-state index contributed by atoms with van der Waals surface area (Å²) in [5.74, 6) is 1.29. The standard InChI is InChI=1S/C18H24N6O2/c1-11-4-6-14(7-5-11)20-18-21-16(19)15(24(25)26)17(22-18)23-9-12(2)8-13(3)10-23/h4-7,12-13H,8-10H2,1-3H3,(H3,19,20,21,22)/t12-,13+. The van der Waals surface area contributed by atoms with Gasteiger partial charge in [0.15, 0.2) is 0 Å². The smallest absolute Gasteiger partial charge is 0.353 e. The van der Waals surface area contributed by atoms with Crippen LogP contribution in [0.5, 0.6) is 0 Å². The van der Waals surface area contributed by atoms with Crippen molar-refractivity contribution in [3.63, 3.8) is 0 Å². The number of hydrogen-bond donors (Lipinski definition) is 2. The third-order valence-electron chi connectivity index (χ3n) is 4.55. The summed E-state index contributed by atoms with van der Waals surface area (Å²) in [5, 5.41) is 14.6. The molecular weight excluding hydrogens is 332 g/mol. The van der Waals surface area contributed by atoms with Crippen molar-refractivity contribution in [1.29, 1.82) is 0 Å². The van der Waals surface area contributed by atoms with Crippen LogP contribution >= 0.6 is 0 Å². The van der Waals surface area contributed by atoms with Gasteiger partial charge in [0.1, 0.15) is 0 Å². The highest BCUT2D eigenvalue weighted by atomic mass is 16.6. The van der Waals surface area contributed by atoms with Crippen LogP contribution in [0.3, 0.4) is 0 Å². The molecule has 2 heterocycles. The Kier molecular flexibility index (Phi) is 4.92. The second-order valence-corrected chi connectivity index (χ2v) is 7.20. The zero-order valence-electron chi connectivity index (χ0n) is 15.3. The lowest BCUT2D eigenvalue weighted by Gasteiger charge is -2.35. The van der Waals surface area contributed by atoms with Gasteiger partial charge in [-0.25, -0.2) is 0 Å². The highest BCUT2D eigenvalue weighted by Crippen LogP contribution is 2.35. The maximum atomic E-state index is 11.6. The number of benzene rings is 1. The van der Waals surface area contributed by atoms with Gasteiger partial charge in [0.25, 0.3) is 0 Å². The molecule has 1 aliphatic rings. The highest BCUT2D eigenvalue weighted by Gasteiger charge is 2.31. The average molecular weight is 356 g/mol. The van der Waals surface area contributed by atoms with Crippen LogP contribution in [0.2, 0.25) is 0 Å². The first kappa shape index (κ1) is 17.9. The van der Waals surface area contributed by atoms with E-state index in [1.165, 1.54) is 0 Å². The second kappa shape index (κ2) is 7.15. The van der Waals surface area contributed by atoms with Gasteiger partial charge >= 0.3 is 5.69 Å². The van der Waals surface area contributed by atoms with Crippen LogP contribution in [-0.4, -0.2) is 28.0 Å². The maximum Gasteiger partial charge on any atom is 0.353 e. The van der Waals surface area contributed by atoms with E-state index in [-0.39, 0.29) is 23.3 Å². The Bertz CT molecular complexity index is 798. The summed E-state index contributed by atoms with van der Waals surface area (Å²) >= 11 is 0. The van der Waals surface area contributed by atoms with Crippen LogP contribution in [0.15, 0.2) is 24.3 Å². The van der Waals surface area contributed by atoms with E-state index >= 15 is 0 Å². The van der Waals surface area contributed by atoms with Crippen LogP contribution < -0.4 is 16.0 Å². The van der Waals surface area contributed by atoms with E-state index < -0.39 is 4.92 Å². The molecule has 1 fully saturated rings. The van der Waals surface area contributed by atoms with E-state index in [1.54, 1.807) is 0 Å². The number of aromatic nitrogens is 2. The number of nitrogen functional groups attached to an aromatic ring is 1. The Morgan fingerprint density at radius 1 is 1.19 bits per heavy atom. The number of aryl methyl sites for hydroxylation is 1. The van der Waals surface area contributed by atoms with E-state index in [0.717, 1.165) is 17.7 Å². The fourth-order valence-electron chi connectivity index (χ4n) is 3.51. The van der Waals surface area contributed by atoms with Crippen LogP contribution in [0, 0.1) is 28.9 Å². The van der Waals surface area contributed by atoms with Crippen molar-refractivity contribution in [1.82, 2.24) is 9.97 Å². The number of piperidine rings is 1. The minimum absolute atomic E-state index is 0.125. The lowest BCUT2D eigenvalue weighted by atomic mass is 9.92. The van der Waals surface area contributed by atoms with E-state index in [2.05, 4.69) is 29.1 Å². The summed E-state index contributed by atoms with van der Waals surface area (Å²) in [7, 11) is 0. The first-order valence-electron chi connectivity index (χ1n) is 8.74. The van der Waals surface area contributed by atoms with Gasteiger partial charge < -0.3 is 16.0 Å². The van der Waals surface area contributed by atoms with E-state index in [4.69, 9.17) is 5.73 Å². The monoisotopic (exact) mass is 356 g/mol. The number of anilines is 4. The summed E-state index contributed by atoms with van der Waals surface area (Å²) in [4.78, 5) is 21.6. The molecule has 0 bridgehead atoms. The zero-order valence-corrected chi connectivity index (χ0v) is 15.3. The van der Waals surface area contributed by atoms with Crippen molar-refractivity contribution in [2.24, 2.45) is 11.8 Å². The molecule has 26 heavy (non-hydrogen) atoms. The SMILES string of the molecule is Cc1ccc(Nc2nc(N)c([N+](=O)[O-])c(N3C[C@H](C)C[C@H](C)C3)n2)cc1. The summed E-state index contributed by atoms with van der Waals surface area (Å²) in [6.45, 7) is 7.72. The number of nitro groups is 1. The number of nitrogens with one attached hydrogen (secondary N) is 1. The first-order chi connectivity index (χ1) is 12.3. The van der Waals surface area contributed by atoms with Gasteiger partial charge in [0.2, 0.25) is 17.6 Å². The highest BCUT2D eigenvalue weighted by molar-refractivity contribution is 5.72. The molecule has 2 aromatic rings. The molecule has 8 nitrogen and oxygen atoms in total. The van der Waals surface area contributed by atoms with Gasteiger partial charge in [0, 0.05) is 18.8 Å². The molecule has 8 heteroatoms. The van der Waals surface area contributed by atoms with Crippen LogP contribution in [0.1, 0.15) is 25.8 Å². The number of hydrogen-bond acceptors (Lipinski definition) is 7. The average Bonchev–Trinajstić information content (AvgIpc) is 2.55. The molecular formula is C18H24N6O2. The Balaban J connectivity index is 1.99. The lowest BCUT2D eigenvalue weighted by Crippen LogP contribution is -2.39. The van der Waals surface area contributed by atoms with Crippen molar-refractivity contribution in [3.05, 3.63) is 39.9 Å². The summed E-state index contributed by atoms with van der Waals surface area (Å²) in [6, 6.07) is 7.74. The van der Waals surface area contributed by atoms with Crippen LogP contribution in [-0.2, 0) is 0 Å². The molecule has 0 unspecified atom stereocenters. The lowest BCUT2D eigenvalue weighted by molar-refractivity contribution is -0.383. The quantitative estimate of drug-likeness (QED) is 0.637. The van der Waals surface area contributed by atoms with Gasteiger partial charge in [-0.05, 0) is 37.3 Å². The van der Waals surface area contributed by atoms with Crippen LogP contribution in [0.25, 0.3) is 0 Å². The Morgan fingerprint density at radius 2 is 1.81 bits per heavy atom. The second-order valence-electron chi connectivity index (χ2n) is 7.20. The molecule has 138 valence electrons. The summed E-state index contributed by atoms with van der Waals surface area (Å²) < 4.78 is 0. The summed E-state index contributed by atoms with van der Waals surface area (Å²) in [5.41, 5.74) is 7.63. The minimum Gasteiger partial charge on any atom is -0.378 e. The largest absolute Gasteiger partial charge is 0.378 e. The molecule has 2 atom stereocenters. The predicted octanol–water partition coefficient (Wildman–Crippen LogP) is 3.50. The number of nitrogens with zero attached hydrogens (tertiary/aromatic N) is 4. The Labute approximate surface area is 152 Å². The molecule has 1 saturated heterocycles. The van der Waals surface area contributed by atoms with Crippen molar-refractivity contribution in [2.45, 2.75) is 27.2 Å². The van der Waals surface area contributed by atoms with Crippen molar-refractivity contribution in [2.75, 3.05) is 29.0 Å². The zero-order chi connectivity index (χ0) is 18.8. The number of rotatable bonds is 4. The van der Waals surface area contributed by atoms with Crippen molar-refractivity contribution < 1.29 is 4.92 Å².